The Morgan fingerprint density at radius 1 is 0.513 bits per heavy atom. The summed E-state index contributed by atoms with van der Waals surface area (Å²) in [4.78, 5) is 24.1. The molecule has 5 aromatic heterocycles. The van der Waals surface area contributed by atoms with Crippen LogP contribution in [0.15, 0.2) is 116 Å². The molecule has 0 N–H and O–H groups in total. The SMILES string of the molecule is c1cnc2c(c1)cc(-c1cc(-c3ccnc4ccccc34)cc(-c3nc4ccccc4s3)n1)c1cccnc12. The van der Waals surface area contributed by atoms with E-state index in [0.29, 0.717) is 0 Å². The molecule has 0 unspecified atom stereocenters. The molecule has 8 rings (SSSR count). The molecule has 0 aliphatic rings. The maximum atomic E-state index is 5.22. The number of rotatable bonds is 3. The van der Waals surface area contributed by atoms with E-state index in [1.54, 1.807) is 11.3 Å². The summed E-state index contributed by atoms with van der Waals surface area (Å²) in [6.07, 6.45) is 5.50. The Kier molecular flexibility index (Phi) is 4.93. The van der Waals surface area contributed by atoms with Crippen LogP contribution in [-0.4, -0.2) is 24.9 Å². The zero-order chi connectivity index (χ0) is 25.8. The second-order valence-electron chi connectivity index (χ2n) is 9.39. The first-order chi connectivity index (χ1) is 19.3. The Morgan fingerprint density at radius 2 is 1.28 bits per heavy atom. The van der Waals surface area contributed by atoms with Gasteiger partial charge < -0.3 is 0 Å². The normalized spacial score (nSPS) is 11.6. The first-order valence-corrected chi connectivity index (χ1v) is 13.5. The summed E-state index contributed by atoms with van der Waals surface area (Å²) in [6.45, 7) is 0. The van der Waals surface area contributed by atoms with E-state index in [1.165, 1.54) is 0 Å². The topological polar surface area (TPSA) is 64.5 Å². The highest BCUT2D eigenvalue weighted by molar-refractivity contribution is 7.21. The fraction of sp³-hybridized carbons (Fsp3) is 0. The van der Waals surface area contributed by atoms with Gasteiger partial charge >= 0.3 is 0 Å². The van der Waals surface area contributed by atoms with Gasteiger partial charge in [0.15, 0.2) is 0 Å². The lowest BCUT2D eigenvalue weighted by atomic mass is 9.96. The Hall–Kier alpha value is -5.07. The highest BCUT2D eigenvalue weighted by atomic mass is 32.1. The van der Waals surface area contributed by atoms with Crippen molar-refractivity contribution in [1.82, 2.24) is 24.9 Å². The fourth-order valence-electron chi connectivity index (χ4n) is 5.25. The second-order valence-corrected chi connectivity index (χ2v) is 10.4. The number of benzene rings is 3. The van der Waals surface area contributed by atoms with Crippen LogP contribution in [0.4, 0.5) is 0 Å². The van der Waals surface area contributed by atoms with Crippen LogP contribution < -0.4 is 0 Å². The molecule has 8 aromatic rings. The van der Waals surface area contributed by atoms with Crippen molar-refractivity contribution in [2.75, 3.05) is 0 Å². The molecule has 0 saturated heterocycles. The Morgan fingerprint density at radius 3 is 2.21 bits per heavy atom. The van der Waals surface area contributed by atoms with Crippen LogP contribution in [0.25, 0.3) is 76.0 Å². The van der Waals surface area contributed by atoms with E-state index in [4.69, 9.17) is 15.0 Å². The van der Waals surface area contributed by atoms with Gasteiger partial charge in [0.2, 0.25) is 0 Å². The van der Waals surface area contributed by atoms with Crippen molar-refractivity contribution in [3.05, 3.63) is 116 Å². The van der Waals surface area contributed by atoms with Gasteiger partial charge in [0.25, 0.3) is 0 Å². The zero-order valence-corrected chi connectivity index (χ0v) is 21.4. The Balaban J connectivity index is 1.45. The van der Waals surface area contributed by atoms with Crippen molar-refractivity contribution in [3.8, 4) is 33.1 Å². The quantitative estimate of drug-likeness (QED) is 0.220. The largest absolute Gasteiger partial charge is 0.256 e. The summed E-state index contributed by atoms with van der Waals surface area (Å²) in [6, 6.07) is 33.1. The predicted octanol–water partition coefficient (Wildman–Crippen LogP) is 8.34. The summed E-state index contributed by atoms with van der Waals surface area (Å²) in [5.41, 5.74) is 8.59. The first-order valence-electron chi connectivity index (χ1n) is 12.7. The molecule has 0 radical (unpaired) electrons. The molecule has 0 bridgehead atoms. The molecular weight excluding hydrogens is 498 g/mol. The lowest BCUT2D eigenvalue weighted by Crippen LogP contribution is -1.94. The Bertz CT molecular complexity index is 2160. The van der Waals surface area contributed by atoms with Crippen molar-refractivity contribution >= 4 is 54.3 Å². The number of para-hydroxylation sites is 2. The number of nitrogens with zero attached hydrogens (tertiary/aromatic N) is 5. The lowest BCUT2D eigenvalue weighted by Gasteiger charge is -2.13. The predicted molar refractivity (Wildman–Crippen MR) is 160 cm³/mol. The van der Waals surface area contributed by atoms with E-state index >= 15 is 0 Å². The van der Waals surface area contributed by atoms with E-state index in [-0.39, 0.29) is 0 Å². The Labute approximate surface area is 227 Å². The third-order valence-corrected chi connectivity index (χ3v) is 8.09. The van der Waals surface area contributed by atoms with Crippen molar-refractivity contribution in [1.29, 1.82) is 0 Å². The molecule has 0 atom stereocenters. The number of thiazole rings is 1. The molecule has 5 nitrogen and oxygen atoms in total. The average molecular weight is 518 g/mol. The summed E-state index contributed by atoms with van der Waals surface area (Å²) in [5.74, 6) is 0. The number of aromatic nitrogens is 5. The van der Waals surface area contributed by atoms with Crippen LogP contribution in [0.5, 0.6) is 0 Å². The van der Waals surface area contributed by atoms with E-state index in [0.717, 1.165) is 76.0 Å². The molecule has 182 valence electrons. The van der Waals surface area contributed by atoms with E-state index in [2.05, 4.69) is 64.6 Å². The van der Waals surface area contributed by atoms with Gasteiger partial charge in [-0.25, -0.2) is 9.97 Å². The van der Waals surface area contributed by atoms with Crippen LogP contribution in [-0.2, 0) is 0 Å². The van der Waals surface area contributed by atoms with Gasteiger partial charge in [0, 0.05) is 40.3 Å². The highest BCUT2D eigenvalue weighted by Gasteiger charge is 2.17. The molecule has 0 spiro atoms. The minimum Gasteiger partial charge on any atom is -0.256 e. The van der Waals surface area contributed by atoms with E-state index < -0.39 is 0 Å². The lowest BCUT2D eigenvalue weighted by molar-refractivity contribution is 1.30. The number of hydrogen-bond donors (Lipinski definition) is 0. The fourth-order valence-corrected chi connectivity index (χ4v) is 6.18. The van der Waals surface area contributed by atoms with Crippen molar-refractivity contribution in [3.63, 3.8) is 0 Å². The molecule has 5 heterocycles. The van der Waals surface area contributed by atoms with Crippen LogP contribution >= 0.6 is 11.3 Å². The number of hydrogen-bond acceptors (Lipinski definition) is 6. The van der Waals surface area contributed by atoms with Crippen molar-refractivity contribution in [2.45, 2.75) is 0 Å². The number of pyridine rings is 4. The molecule has 0 saturated carbocycles. The molecule has 0 fully saturated rings. The third kappa shape index (κ3) is 3.65. The molecule has 6 heteroatoms. The van der Waals surface area contributed by atoms with E-state index in [1.807, 2.05) is 61.1 Å². The van der Waals surface area contributed by atoms with Gasteiger partial charge in [-0.2, -0.15) is 0 Å². The standard InChI is InChI=1S/C33H19N5S/c1-2-10-26-23(8-1)22(13-16-34-26)21-18-28(37-29(19-21)33-38-27-11-3-4-12-30(27)39-33)25-17-20-7-5-14-35-31(20)32-24(25)9-6-15-36-32/h1-19H. The van der Waals surface area contributed by atoms with Crippen LogP contribution in [0, 0.1) is 0 Å². The van der Waals surface area contributed by atoms with Crippen LogP contribution in [0.3, 0.4) is 0 Å². The van der Waals surface area contributed by atoms with Crippen molar-refractivity contribution < 1.29 is 0 Å². The zero-order valence-electron chi connectivity index (χ0n) is 20.6. The van der Waals surface area contributed by atoms with E-state index in [9.17, 15) is 0 Å². The van der Waals surface area contributed by atoms with Gasteiger partial charge in [0.05, 0.1) is 32.5 Å². The summed E-state index contributed by atoms with van der Waals surface area (Å²) >= 11 is 1.66. The van der Waals surface area contributed by atoms with Gasteiger partial charge in [0.1, 0.15) is 10.7 Å². The number of fused-ring (bicyclic) bond motifs is 5. The summed E-state index contributed by atoms with van der Waals surface area (Å²) in [5, 5.41) is 4.04. The minimum atomic E-state index is 0.841. The smallest absolute Gasteiger partial charge is 0.143 e. The summed E-state index contributed by atoms with van der Waals surface area (Å²) in [7, 11) is 0. The molecule has 39 heavy (non-hydrogen) atoms. The average Bonchev–Trinajstić information content (AvgIpc) is 3.45. The van der Waals surface area contributed by atoms with Gasteiger partial charge in [-0.1, -0.05) is 42.5 Å². The molecule has 0 aliphatic heterocycles. The second kappa shape index (κ2) is 8.75. The molecule has 3 aromatic carbocycles. The van der Waals surface area contributed by atoms with Crippen LogP contribution in [0.2, 0.25) is 0 Å². The maximum absolute atomic E-state index is 5.22. The maximum Gasteiger partial charge on any atom is 0.143 e. The monoisotopic (exact) mass is 517 g/mol. The molecule has 0 aliphatic carbocycles. The highest BCUT2D eigenvalue weighted by Crippen LogP contribution is 2.38. The third-order valence-electron chi connectivity index (χ3n) is 7.04. The molecular formula is C33H19N5S. The van der Waals surface area contributed by atoms with Gasteiger partial charge in [-0.3, -0.25) is 15.0 Å². The van der Waals surface area contributed by atoms with Gasteiger partial charge in [-0.05, 0) is 65.7 Å². The minimum absolute atomic E-state index is 0.841. The van der Waals surface area contributed by atoms with Crippen LogP contribution in [0.1, 0.15) is 0 Å². The van der Waals surface area contributed by atoms with Gasteiger partial charge in [-0.15, -0.1) is 11.3 Å². The summed E-state index contributed by atoms with van der Waals surface area (Å²) < 4.78 is 1.14. The first kappa shape index (κ1) is 22.0. The molecule has 0 amide bonds. The van der Waals surface area contributed by atoms with Crippen molar-refractivity contribution in [2.24, 2.45) is 0 Å².